The monoisotopic (exact) mass is 498 g/mol. The van der Waals surface area contributed by atoms with E-state index < -0.39 is 5.91 Å². The van der Waals surface area contributed by atoms with E-state index in [1.165, 1.54) is 24.3 Å². The third kappa shape index (κ3) is 5.79. The molecule has 182 valence electrons. The molecule has 0 bridgehead atoms. The average Bonchev–Trinajstić information content (AvgIpc) is 3.22. The lowest BCUT2D eigenvalue weighted by molar-refractivity contribution is 0.102. The second-order valence-electron chi connectivity index (χ2n) is 7.73. The largest absolute Gasteiger partial charge is 0.473 e. The molecule has 0 saturated carbocycles. The summed E-state index contributed by atoms with van der Waals surface area (Å²) < 4.78 is 24.5. The summed E-state index contributed by atoms with van der Waals surface area (Å²) in [6.07, 6.45) is 3.07. The van der Waals surface area contributed by atoms with Crippen LogP contribution >= 0.6 is 12.4 Å². The van der Waals surface area contributed by atoms with E-state index in [9.17, 15) is 9.18 Å². The van der Waals surface area contributed by atoms with Crippen molar-refractivity contribution in [3.63, 3.8) is 0 Å². The first-order valence-electron chi connectivity index (χ1n) is 10.6. The number of nitrogens with two attached hydrogens (primary N) is 1. The van der Waals surface area contributed by atoms with Crippen LogP contribution in [0.5, 0.6) is 5.88 Å². The maximum atomic E-state index is 13.3. The smallest absolute Gasteiger partial charge is 0.261 e. The molecule has 11 heteroatoms. The normalized spacial score (nSPS) is 10.7. The van der Waals surface area contributed by atoms with Crippen LogP contribution in [0, 0.1) is 12.7 Å². The van der Waals surface area contributed by atoms with E-state index in [1.807, 2.05) is 13.8 Å². The minimum Gasteiger partial charge on any atom is -0.473 e. The van der Waals surface area contributed by atoms with Gasteiger partial charge in [0.15, 0.2) is 0 Å². The first kappa shape index (κ1) is 25.7. The number of carbonyl (C=O) groups is 1. The summed E-state index contributed by atoms with van der Waals surface area (Å²) in [4.78, 5) is 26.2. The number of benzene rings is 1. The Morgan fingerprint density at radius 2 is 1.80 bits per heavy atom. The predicted octanol–water partition coefficient (Wildman–Crippen LogP) is 4.56. The van der Waals surface area contributed by atoms with Crippen molar-refractivity contribution in [1.29, 1.82) is 0 Å². The van der Waals surface area contributed by atoms with Gasteiger partial charge in [-0.3, -0.25) is 4.79 Å². The predicted molar refractivity (Wildman–Crippen MR) is 131 cm³/mol. The molecule has 0 aliphatic carbocycles. The average molecular weight is 499 g/mol. The third-order valence-corrected chi connectivity index (χ3v) is 4.85. The molecule has 3 N–H and O–H groups in total. The molecule has 0 unspecified atom stereocenters. The number of rotatable bonds is 7. The first-order chi connectivity index (χ1) is 16.4. The zero-order valence-electron chi connectivity index (χ0n) is 19.3. The van der Waals surface area contributed by atoms with Crippen LogP contribution in [-0.2, 0) is 6.54 Å². The fraction of sp³-hybridized carbons (Fsp3) is 0.208. The van der Waals surface area contributed by atoms with Gasteiger partial charge in [0, 0.05) is 23.5 Å². The Kier molecular flexibility index (Phi) is 8.10. The molecule has 35 heavy (non-hydrogen) atoms. The van der Waals surface area contributed by atoms with E-state index in [0.717, 1.165) is 0 Å². The summed E-state index contributed by atoms with van der Waals surface area (Å²) in [5.41, 5.74) is 8.27. The number of aromatic nitrogens is 4. The summed E-state index contributed by atoms with van der Waals surface area (Å²) in [7, 11) is 0. The van der Waals surface area contributed by atoms with E-state index >= 15 is 0 Å². The molecule has 0 aliphatic rings. The standard InChI is InChI=1S/C24H23FN6O3.ClH/c1-13(2)33-24-19(9-8-18(30-24)16-11-27-20(10-26)28-12-16)29-23(32)21-14(3)34-31-22(21)15-4-6-17(25)7-5-15;/h4-9,11-13H,10,26H2,1-3H3,(H,29,32);1H. The molecule has 1 amide bonds. The van der Waals surface area contributed by atoms with Gasteiger partial charge in [0.1, 0.15) is 34.3 Å². The van der Waals surface area contributed by atoms with E-state index in [0.29, 0.717) is 39.8 Å². The zero-order valence-corrected chi connectivity index (χ0v) is 20.1. The van der Waals surface area contributed by atoms with Gasteiger partial charge in [-0.2, -0.15) is 0 Å². The Morgan fingerprint density at radius 1 is 1.11 bits per heavy atom. The number of ether oxygens (including phenoxy) is 1. The second-order valence-corrected chi connectivity index (χ2v) is 7.73. The zero-order chi connectivity index (χ0) is 24.2. The van der Waals surface area contributed by atoms with E-state index in [1.54, 1.807) is 31.5 Å². The number of aryl methyl sites for hydroxylation is 1. The molecule has 4 rings (SSSR count). The molecule has 3 aromatic heterocycles. The molecule has 0 fully saturated rings. The highest BCUT2D eigenvalue weighted by Crippen LogP contribution is 2.30. The summed E-state index contributed by atoms with van der Waals surface area (Å²) in [5, 5.41) is 6.82. The lowest BCUT2D eigenvalue weighted by Crippen LogP contribution is -2.16. The maximum absolute atomic E-state index is 13.3. The van der Waals surface area contributed by atoms with E-state index in [2.05, 4.69) is 25.4 Å². The number of carbonyl (C=O) groups excluding carboxylic acids is 1. The molecule has 4 aromatic rings. The number of anilines is 1. The van der Waals surface area contributed by atoms with Crippen molar-refractivity contribution >= 4 is 24.0 Å². The quantitative estimate of drug-likeness (QED) is 0.379. The molecule has 3 heterocycles. The van der Waals surface area contributed by atoms with Gasteiger partial charge >= 0.3 is 0 Å². The summed E-state index contributed by atoms with van der Waals surface area (Å²) in [6, 6.07) is 9.07. The number of hydrogen-bond donors (Lipinski definition) is 2. The molecule has 0 aliphatic heterocycles. The Hall–Kier alpha value is -3.89. The van der Waals surface area contributed by atoms with Crippen molar-refractivity contribution in [2.24, 2.45) is 5.73 Å². The summed E-state index contributed by atoms with van der Waals surface area (Å²) in [5.74, 6) is 0.231. The summed E-state index contributed by atoms with van der Waals surface area (Å²) >= 11 is 0. The lowest BCUT2D eigenvalue weighted by atomic mass is 10.1. The maximum Gasteiger partial charge on any atom is 0.261 e. The van der Waals surface area contributed by atoms with Gasteiger partial charge in [0.25, 0.3) is 5.91 Å². The van der Waals surface area contributed by atoms with Gasteiger partial charge in [-0.25, -0.2) is 19.3 Å². The minimum absolute atomic E-state index is 0. The van der Waals surface area contributed by atoms with Crippen LogP contribution in [0.25, 0.3) is 22.5 Å². The first-order valence-corrected chi connectivity index (χ1v) is 10.6. The van der Waals surface area contributed by atoms with Crippen molar-refractivity contribution in [3.05, 3.63) is 71.8 Å². The van der Waals surface area contributed by atoms with Gasteiger partial charge < -0.3 is 20.3 Å². The molecular weight excluding hydrogens is 475 g/mol. The van der Waals surface area contributed by atoms with Crippen molar-refractivity contribution in [3.8, 4) is 28.4 Å². The molecule has 1 aromatic carbocycles. The van der Waals surface area contributed by atoms with Crippen LogP contribution in [0.1, 0.15) is 35.8 Å². The fourth-order valence-electron chi connectivity index (χ4n) is 3.23. The van der Waals surface area contributed by atoms with Gasteiger partial charge in [-0.05, 0) is 57.2 Å². The van der Waals surface area contributed by atoms with Crippen LogP contribution in [0.4, 0.5) is 10.1 Å². The fourth-order valence-corrected chi connectivity index (χ4v) is 3.23. The number of nitrogens with zero attached hydrogens (tertiary/aromatic N) is 4. The van der Waals surface area contributed by atoms with E-state index in [-0.39, 0.29) is 42.3 Å². The van der Waals surface area contributed by atoms with Crippen LogP contribution in [0.2, 0.25) is 0 Å². The highest BCUT2D eigenvalue weighted by Gasteiger charge is 2.23. The Labute approximate surface area is 207 Å². The Morgan fingerprint density at radius 3 is 2.43 bits per heavy atom. The number of nitrogens with one attached hydrogen (secondary N) is 1. The van der Waals surface area contributed by atoms with Gasteiger partial charge in [0.2, 0.25) is 5.88 Å². The highest BCUT2D eigenvalue weighted by molar-refractivity contribution is 6.09. The molecule has 0 radical (unpaired) electrons. The number of amides is 1. The molecule has 0 spiro atoms. The Bertz CT molecular complexity index is 1310. The van der Waals surface area contributed by atoms with Crippen LogP contribution < -0.4 is 15.8 Å². The van der Waals surface area contributed by atoms with Gasteiger partial charge in [-0.15, -0.1) is 12.4 Å². The molecule has 0 atom stereocenters. The number of pyridine rings is 1. The minimum atomic E-state index is -0.461. The topological polar surface area (TPSA) is 129 Å². The molecule has 0 saturated heterocycles. The van der Waals surface area contributed by atoms with Crippen LogP contribution in [0.3, 0.4) is 0 Å². The SMILES string of the molecule is Cc1onc(-c2ccc(F)cc2)c1C(=O)Nc1ccc(-c2cnc(CN)nc2)nc1OC(C)C.Cl. The van der Waals surface area contributed by atoms with Crippen LogP contribution in [-0.4, -0.2) is 32.1 Å². The van der Waals surface area contributed by atoms with Crippen molar-refractivity contribution in [2.45, 2.75) is 33.4 Å². The van der Waals surface area contributed by atoms with Crippen molar-refractivity contribution in [2.75, 3.05) is 5.32 Å². The Balaban J connectivity index is 0.00000342. The highest BCUT2D eigenvalue weighted by atomic mass is 35.5. The van der Waals surface area contributed by atoms with Crippen molar-refractivity contribution in [1.82, 2.24) is 20.1 Å². The second kappa shape index (κ2) is 11.0. The lowest BCUT2D eigenvalue weighted by Gasteiger charge is -2.15. The molecule has 9 nitrogen and oxygen atoms in total. The van der Waals surface area contributed by atoms with Crippen molar-refractivity contribution < 1.29 is 18.4 Å². The number of hydrogen-bond acceptors (Lipinski definition) is 8. The van der Waals surface area contributed by atoms with Crippen LogP contribution in [0.15, 0.2) is 53.3 Å². The van der Waals surface area contributed by atoms with Gasteiger partial charge in [-0.1, -0.05) is 5.16 Å². The third-order valence-electron chi connectivity index (χ3n) is 4.85. The van der Waals surface area contributed by atoms with Gasteiger partial charge in [0.05, 0.1) is 18.3 Å². The number of halogens is 2. The summed E-state index contributed by atoms with van der Waals surface area (Å²) in [6.45, 7) is 5.58. The molecular formula is C24H24ClFN6O3. The van der Waals surface area contributed by atoms with E-state index in [4.69, 9.17) is 15.0 Å².